The summed E-state index contributed by atoms with van der Waals surface area (Å²) < 4.78 is 121. The lowest BCUT2D eigenvalue weighted by atomic mass is 9.93. The van der Waals surface area contributed by atoms with Crippen LogP contribution in [0.15, 0.2) is 42.5 Å². The predicted molar refractivity (Wildman–Crippen MR) is 132 cm³/mol. The number of piperazine rings is 1. The van der Waals surface area contributed by atoms with Gasteiger partial charge in [-0.05, 0) is 48.2 Å². The van der Waals surface area contributed by atoms with Crippen molar-refractivity contribution in [2.45, 2.75) is 69.3 Å². The van der Waals surface area contributed by atoms with Crippen LogP contribution in [0.25, 0.3) is 0 Å². The second kappa shape index (κ2) is 12.3. The van der Waals surface area contributed by atoms with Gasteiger partial charge in [-0.2, -0.15) is 39.5 Å². The Morgan fingerprint density at radius 2 is 1.30 bits per heavy atom. The summed E-state index contributed by atoms with van der Waals surface area (Å²) in [6.45, 7) is 1.89. The van der Waals surface area contributed by atoms with Gasteiger partial charge in [0.25, 0.3) is 0 Å². The van der Waals surface area contributed by atoms with Crippen molar-refractivity contribution in [3.63, 3.8) is 0 Å². The molecule has 1 N–H and O–H groups in total. The molecule has 1 heterocycles. The summed E-state index contributed by atoms with van der Waals surface area (Å²) in [5.41, 5.74) is -3.91. The monoisotopic (exact) mass is 581 g/mol. The Kier molecular flexibility index (Phi) is 9.41. The third-order valence-electron chi connectivity index (χ3n) is 7.82. The Morgan fingerprint density at radius 1 is 0.725 bits per heavy atom. The highest BCUT2D eigenvalue weighted by atomic mass is 19.4. The van der Waals surface area contributed by atoms with Crippen molar-refractivity contribution in [3.05, 3.63) is 70.3 Å². The molecule has 12 heteroatoms. The predicted octanol–water partition coefficient (Wildman–Crippen LogP) is 7.52. The molecule has 1 aliphatic heterocycles. The molecule has 0 radical (unpaired) electrons. The molecule has 222 valence electrons. The summed E-state index contributed by atoms with van der Waals surface area (Å²) in [6, 6.07) is 6.15. The van der Waals surface area contributed by atoms with Crippen molar-refractivity contribution in [1.82, 2.24) is 15.1 Å². The number of hydrogen-bond acceptors (Lipinski definition) is 3. The lowest BCUT2D eigenvalue weighted by Gasteiger charge is -2.44. The van der Waals surface area contributed by atoms with Gasteiger partial charge in [0, 0.05) is 51.4 Å². The number of nitrogens with zero attached hydrogens (tertiary/aromatic N) is 2. The van der Waals surface area contributed by atoms with Crippen molar-refractivity contribution < 1.29 is 39.5 Å². The molecule has 2 aliphatic rings. The minimum absolute atomic E-state index is 0.0219. The second-order valence-corrected chi connectivity index (χ2v) is 10.5. The fourth-order valence-corrected chi connectivity index (χ4v) is 5.82. The highest BCUT2D eigenvalue weighted by Gasteiger charge is 2.39. The van der Waals surface area contributed by atoms with E-state index in [1.54, 1.807) is 0 Å². The summed E-state index contributed by atoms with van der Waals surface area (Å²) in [6.07, 6.45) is -8.89. The second-order valence-electron chi connectivity index (χ2n) is 10.5. The van der Waals surface area contributed by atoms with E-state index in [0.717, 1.165) is 31.7 Å². The molecule has 4 rings (SSSR count). The number of hydrogen-bond donors (Lipinski definition) is 1. The van der Waals surface area contributed by atoms with Crippen molar-refractivity contribution in [2.75, 3.05) is 32.7 Å². The van der Waals surface area contributed by atoms with Gasteiger partial charge in [-0.15, -0.1) is 0 Å². The van der Waals surface area contributed by atoms with E-state index in [-0.39, 0.29) is 30.3 Å². The van der Waals surface area contributed by atoms with Crippen LogP contribution in [-0.2, 0) is 25.1 Å². The minimum Gasteiger partial charge on any atom is -0.311 e. The van der Waals surface area contributed by atoms with E-state index in [1.165, 1.54) is 24.6 Å². The Bertz CT molecular complexity index is 1080. The Morgan fingerprint density at radius 3 is 1.85 bits per heavy atom. The molecule has 2 aromatic rings. The fraction of sp³-hybridized carbons (Fsp3) is 0.571. The Labute approximate surface area is 227 Å². The largest absolute Gasteiger partial charge is 0.416 e. The number of alkyl halides is 9. The van der Waals surface area contributed by atoms with E-state index in [1.807, 2.05) is 4.90 Å². The SMILES string of the molecule is FC(F)(F)c1cc(CNCC(c2ccccc2C(F)(F)F)N2CCN(C3CCCCC3)CC2)cc(C(F)(F)F)c1. The molecule has 40 heavy (non-hydrogen) atoms. The maximum absolute atomic E-state index is 13.9. The zero-order valence-electron chi connectivity index (χ0n) is 21.8. The van der Waals surface area contributed by atoms with Crippen molar-refractivity contribution in [1.29, 1.82) is 0 Å². The lowest BCUT2D eigenvalue weighted by Crippen LogP contribution is -2.52. The zero-order valence-corrected chi connectivity index (χ0v) is 21.8. The first kappa shape index (κ1) is 30.6. The van der Waals surface area contributed by atoms with Crippen molar-refractivity contribution in [3.8, 4) is 0 Å². The molecule has 0 amide bonds. The zero-order chi connectivity index (χ0) is 29.1. The summed E-state index contributed by atoms with van der Waals surface area (Å²) >= 11 is 0. The van der Waals surface area contributed by atoms with Crippen LogP contribution in [0.5, 0.6) is 0 Å². The molecular weight excluding hydrogens is 549 g/mol. The van der Waals surface area contributed by atoms with Crippen LogP contribution < -0.4 is 5.32 Å². The van der Waals surface area contributed by atoms with E-state index in [9.17, 15) is 39.5 Å². The van der Waals surface area contributed by atoms with E-state index in [4.69, 9.17) is 0 Å². The van der Waals surface area contributed by atoms with Gasteiger partial charge in [-0.25, -0.2) is 0 Å². The first-order valence-corrected chi connectivity index (χ1v) is 13.4. The maximum Gasteiger partial charge on any atom is 0.416 e. The van der Waals surface area contributed by atoms with Gasteiger partial charge in [0.15, 0.2) is 0 Å². The average molecular weight is 582 g/mol. The molecule has 2 fully saturated rings. The summed E-state index contributed by atoms with van der Waals surface area (Å²) in [4.78, 5) is 4.29. The molecule has 0 aromatic heterocycles. The molecule has 1 saturated heterocycles. The first-order valence-electron chi connectivity index (χ1n) is 13.4. The minimum atomic E-state index is -4.98. The van der Waals surface area contributed by atoms with Gasteiger partial charge in [0.1, 0.15) is 0 Å². The first-order chi connectivity index (χ1) is 18.7. The Hall–Kier alpha value is -2.31. The molecule has 0 bridgehead atoms. The fourth-order valence-electron chi connectivity index (χ4n) is 5.82. The molecule has 1 unspecified atom stereocenters. The van der Waals surface area contributed by atoms with Gasteiger partial charge < -0.3 is 5.32 Å². The molecule has 3 nitrogen and oxygen atoms in total. The standard InChI is InChI=1S/C28H32F9N3/c29-26(30,31)20-14-19(15-21(16-20)27(32,33)34)17-38-18-25(23-8-4-5-9-24(23)28(35,36)37)40-12-10-39(11-13-40)22-6-2-1-3-7-22/h4-5,8-9,14-16,22,25,38H,1-3,6-7,10-13,17-18H2. The van der Waals surface area contributed by atoms with Gasteiger partial charge in [0.2, 0.25) is 0 Å². The molecule has 1 aliphatic carbocycles. The maximum atomic E-state index is 13.9. The lowest BCUT2D eigenvalue weighted by molar-refractivity contribution is -0.143. The van der Waals surface area contributed by atoms with Crippen molar-refractivity contribution >= 4 is 0 Å². The van der Waals surface area contributed by atoms with Gasteiger partial charge in [0.05, 0.1) is 16.7 Å². The third-order valence-corrected chi connectivity index (χ3v) is 7.82. The van der Waals surface area contributed by atoms with Crippen LogP contribution in [0.2, 0.25) is 0 Å². The van der Waals surface area contributed by atoms with Gasteiger partial charge in [-0.1, -0.05) is 37.5 Å². The van der Waals surface area contributed by atoms with E-state index in [2.05, 4.69) is 10.2 Å². The van der Waals surface area contributed by atoms with Crippen LogP contribution >= 0.6 is 0 Å². The molecule has 1 saturated carbocycles. The highest BCUT2D eigenvalue weighted by molar-refractivity contribution is 5.35. The van der Waals surface area contributed by atoms with Crippen LogP contribution in [0.3, 0.4) is 0 Å². The summed E-state index contributed by atoms with van der Waals surface area (Å²) in [5, 5.41) is 2.85. The van der Waals surface area contributed by atoms with Crippen molar-refractivity contribution in [2.24, 2.45) is 0 Å². The third kappa shape index (κ3) is 7.70. The van der Waals surface area contributed by atoms with Crippen LogP contribution in [-0.4, -0.2) is 48.6 Å². The smallest absolute Gasteiger partial charge is 0.311 e. The number of halogens is 9. The number of nitrogens with one attached hydrogen (secondary N) is 1. The quantitative estimate of drug-likeness (QED) is 0.341. The van der Waals surface area contributed by atoms with Gasteiger partial charge in [-0.3, -0.25) is 9.80 Å². The topological polar surface area (TPSA) is 18.5 Å². The van der Waals surface area contributed by atoms with Gasteiger partial charge >= 0.3 is 18.5 Å². The molecule has 1 atom stereocenters. The molecular formula is C28H32F9N3. The van der Waals surface area contributed by atoms with E-state index in [0.29, 0.717) is 44.4 Å². The van der Waals surface area contributed by atoms with Crippen LogP contribution in [0, 0.1) is 0 Å². The average Bonchev–Trinajstić information content (AvgIpc) is 2.90. The van der Waals surface area contributed by atoms with Crippen LogP contribution in [0.1, 0.15) is 66.0 Å². The van der Waals surface area contributed by atoms with E-state index >= 15 is 0 Å². The number of rotatable bonds is 7. The normalized spacial score (nSPS) is 19.6. The summed E-state index contributed by atoms with van der Waals surface area (Å²) in [7, 11) is 0. The number of benzene rings is 2. The molecule has 2 aromatic carbocycles. The molecule has 0 spiro atoms. The summed E-state index contributed by atoms with van der Waals surface area (Å²) in [5.74, 6) is 0. The van der Waals surface area contributed by atoms with E-state index < -0.39 is 41.3 Å². The highest BCUT2D eigenvalue weighted by Crippen LogP contribution is 2.38. The Balaban J connectivity index is 1.54. The van der Waals surface area contributed by atoms with Crippen LogP contribution in [0.4, 0.5) is 39.5 Å².